The lowest BCUT2D eigenvalue weighted by molar-refractivity contribution is 0.124. The Balaban J connectivity index is 2.31. The van der Waals surface area contributed by atoms with Gasteiger partial charge >= 0.3 is 0 Å². The fraction of sp³-hybridized carbons (Fsp3) is 0.308. The van der Waals surface area contributed by atoms with Gasteiger partial charge in [0.05, 0.1) is 6.20 Å². The normalized spacial score (nSPS) is 13.0. The Hall–Kier alpha value is -1.32. The van der Waals surface area contributed by atoms with E-state index in [1.807, 2.05) is 26.0 Å². The van der Waals surface area contributed by atoms with Gasteiger partial charge in [0.15, 0.2) is 0 Å². The number of halogens is 1. The highest BCUT2D eigenvalue weighted by atomic mass is 35.5. The highest BCUT2D eigenvalue weighted by Gasteiger charge is 2.17. The molecule has 1 radical (unpaired) electrons. The topological polar surface area (TPSA) is 37.7 Å². The molecule has 0 N–H and O–H groups in total. The minimum atomic E-state index is -0.976. The number of aromatic nitrogens is 2. The van der Waals surface area contributed by atoms with Crippen LogP contribution in [0.3, 0.4) is 0 Å². The highest BCUT2D eigenvalue weighted by molar-refractivity contribution is 6.31. The first-order valence-electron chi connectivity index (χ1n) is 5.54. The molecular weight excluding hydrogens is 236 g/mol. The zero-order chi connectivity index (χ0) is 12.4. The van der Waals surface area contributed by atoms with Crippen molar-refractivity contribution in [1.29, 1.82) is 0 Å². The summed E-state index contributed by atoms with van der Waals surface area (Å²) in [5.41, 5.74) is 1.24. The zero-order valence-corrected chi connectivity index (χ0v) is 10.6. The largest absolute Gasteiger partial charge is 0.270 e. The van der Waals surface area contributed by atoms with E-state index >= 15 is 0 Å². The summed E-state index contributed by atoms with van der Waals surface area (Å²) in [6, 6.07) is 7.37. The average Bonchev–Trinajstić information content (AvgIpc) is 2.78. The lowest BCUT2D eigenvalue weighted by Crippen LogP contribution is -2.01. The molecule has 0 aliphatic rings. The van der Waals surface area contributed by atoms with Crippen molar-refractivity contribution in [3.63, 3.8) is 0 Å². The number of hydrogen-bond donors (Lipinski definition) is 0. The van der Waals surface area contributed by atoms with Crippen LogP contribution in [0.15, 0.2) is 36.7 Å². The molecule has 2 rings (SSSR count). The molecule has 89 valence electrons. The third-order valence-corrected chi connectivity index (χ3v) is 2.99. The monoisotopic (exact) mass is 249 g/mol. The van der Waals surface area contributed by atoms with Gasteiger partial charge in [0.1, 0.15) is 6.10 Å². The van der Waals surface area contributed by atoms with Crippen molar-refractivity contribution in [2.45, 2.75) is 26.0 Å². The summed E-state index contributed by atoms with van der Waals surface area (Å²) in [7, 11) is 0. The van der Waals surface area contributed by atoms with Gasteiger partial charge in [0, 0.05) is 28.4 Å². The van der Waals surface area contributed by atoms with Crippen molar-refractivity contribution < 1.29 is 5.11 Å². The van der Waals surface area contributed by atoms with E-state index in [-0.39, 0.29) is 6.04 Å². The Morgan fingerprint density at radius 3 is 2.59 bits per heavy atom. The van der Waals surface area contributed by atoms with Gasteiger partial charge in [0.25, 0.3) is 0 Å². The van der Waals surface area contributed by atoms with Crippen molar-refractivity contribution in [2.75, 3.05) is 0 Å². The molecule has 1 aromatic carbocycles. The van der Waals surface area contributed by atoms with Gasteiger partial charge in [-0.1, -0.05) is 29.8 Å². The highest BCUT2D eigenvalue weighted by Crippen LogP contribution is 2.28. The van der Waals surface area contributed by atoms with Crippen LogP contribution in [0.2, 0.25) is 5.02 Å². The van der Waals surface area contributed by atoms with E-state index in [1.165, 1.54) is 0 Å². The summed E-state index contributed by atoms with van der Waals surface area (Å²) >= 11 is 6.01. The fourth-order valence-corrected chi connectivity index (χ4v) is 1.87. The van der Waals surface area contributed by atoms with Crippen molar-refractivity contribution in [2.24, 2.45) is 0 Å². The summed E-state index contributed by atoms with van der Waals surface area (Å²) in [4.78, 5) is 0. The molecule has 0 aliphatic heterocycles. The average molecular weight is 250 g/mol. The van der Waals surface area contributed by atoms with Crippen LogP contribution in [0.4, 0.5) is 0 Å². The van der Waals surface area contributed by atoms with E-state index in [0.717, 1.165) is 0 Å². The molecule has 0 fully saturated rings. The molecule has 0 saturated heterocycles. The quantitative estimate of drug-likeness (QED) is 0.818. The molecule has 2 aromatic rings. The fourth-order valence-electron chi connectivity index (χ4n) is 1.64. The third-order valence-electron chi connectivity index (χ3n) is 2.64. The Morgan fingerprint density at radius 2 is 2.00 bits per heavy atom. The molecule has 0 aliphatic carbocycles. The van der Waals surface area contributed by atoms with E-state index in [0.29, 0.717) is 16.1 Å². The second-order valence-corrected chi connectivity index (χ2v) is 4.66. The number of rotatable bonds is 3. The Bertz CT molecular complexity index is 508. The molecule has 0 spiro atoms. The van der Waals surface area contributed by atoms with E-state index in [4.69, 9.17) is 11.6 Å². The molecule has 1 aromatic heterocycles. The predicted molar refractivity (Wildman–Crippen MR) is 66.6 cm³/mol. The molecule has 17 heavy (non-hydrogen) atoms. The number of hydrogen-bond acceptors (Lipinski definition) is 1. The summed E-state index contributed by atoms with van der Waals surface area (Å²) in [6.07, 6.45) is 2.42. The Kier molecular flexibility index (Phi) is 3.50. The number of benzene rings is 1. The van der Waals surface area contributed by atoms with Gasteiger partial charge < -0.3 is 0 Å². The standard InChI is InChI=1S/C13H14ClN2O/c1-9(2)16-8-10(7-15-16)13(17)11-5-3-4-6-12(11)14/h3-9,13H,1-2H3. The molecule has 1 heterocycles. The van der Waals surface area contributed by atoms with Crippen LogP contribution in [0.25, 0.3) is 0 Å². The minimum Gasteiger partial charge on any atom is -0.270 e. The molecular formula is C13H14ClN2O. The molecule has 1 atom stereocenters. The van der Waals surface area contributed by atoms with Crippen LogP contribution in [0.5, 0.6) is 0 Å². The van der Waals surface area contributed by atoms with Crippen LogP contribution >= 0.6 is 11.6 Å². The van der Waals surface area contributed by atoms with Crippen LogP contribution < -0.4 is 0 Å². The first-order chi connectivity index (χ1) is 8.09. The van der Waals surface area contributed by atoms with Crippen LogP contribution in [0.1, 0.15) is 37.1 Å². The number of nitrogens with zero attached hydrogens (tertiary/aromatic N) is 2. The van der Waals surface area contributed by atoms with Gasteiger partial charge in [0.2, 0.25) is 0 Å². The van der Waals surface area contributed by atoms with Crippen LogP contribution in [0, 0.1) is 0 Å². The molecule has 0 bridgehead atoms. The summed E-state index contributed by atoms with van der Waals surface area (Å²) in [5.74, 6) is 0. The zero-order valence-electron chi connectivity index (χ0n) is 9.80. The second kappa shape index (κ2) is 4.90. The summed E-state index contributed by atoms with van der Waals surface area (Å²) in [6.45, 7) is 4.04. The minimum absolute atomic E-state index is 0.252. The summed E-state index contributed by atoms with van der Waals surface area (Å²) in [5, 5.41) is 16.9. The maximum absolute atomic E-state index is 12.2. The Morgan fingerprint density at radius 1 is 1.29 bits per heavy atom. The first kappa shape index (κ1) is 12.1. The van der Waals surface area contributed by atoms with E-state index in [9.17, 15) is 5.11 Å². The van der Waals surface area contributed by atoms with Gasteiger partial charge in [-0.25, -0.2) is 5.11 Å². The lowest BCUT2D eigenvalue weighted by atomic mass is 10.1. The van der Waals surface area contributed by atoms with Crippen molar-refractivity contribution >= 4 is 11.6 Å². The maximum Gasteiger partial charge on any atom is 0.148 e. The van der Waals surface area contributed by atoms with Crippen LogP contribution in [-0.4, -0.2) is 9.78 Å². The van der Waals surface area contributed by atoms with Crippen LogP contribution in [-0.2, 0) is 5.11 Å². The Labute approximate surface area is 106 Å². The second-order valence-electron chi connectivity index (χ2n) is 4.25. The van der Waals surface area contributed by atoms with Crippen molar-refractivity contribution in [1.82, 2.24) is 9.78 Å². The lowest BCUT2D eigenvalue weighted by Gasteiger charge is -2.08. The van der Waals surface area contributed by atoms with Gasteiger partial charge in [-0.3, -0.25) is 4.68 Å². The molecule has 0 amide bonds. The molecule has 4 heteroatoms. The van der Waals surface area contributed by atoms with E-state index in [1.54, 1.807) is 29.2 Å². The van der Waals surface area contributed by atoms with E-state index < -0.39 is 6.10 Å². The van der Waals surface area contributed by atoms with Gasteiger partial charge in [-0.05, 0) is 19.9 Å². The first-order valence-corrected chi connectivity index (χ1v) is 5.91. The van der Waals surface area contributed by atoms with E-state index in [2.05, 4.69) is 5.10 Å². The summed E-state index contributed by atoms with van der Waals surface area (Å²) < 4.78 is 1.77. The SMILES string of the molecule is CC(C)n1cc(C([O])c2ccccc2Cl)cn1. The molecule has 0 saturated carbocycles. The van der Waals surface area contributed by atoms with Gasteiger partial charge in [-0.15, -0.1) is 0 Å². The molecule has 1 unspecified atom stereocenters. The van der Waals surface area contributed by atoms with Crippen molar-refractivity contribution in [3.05, 3.63) is 52.8 Å². The third kappa shape index (κ3) is 2.51. The smallest absolute Gasteiger partial charge is 0.148 e. The predicted octanol–water partition coefficient (Wildman–Crippen LogP) is 3.64. The van der Waals surface area contributed by atoms with Gasteiger partial charge in [-0.2, -0.15) is 5.10 Å². The maximum atomic E-state index is 12.2. The molecule has 3 nitrogen and oxygen atoms in total. The van der Waals surface area contributed by atoms with Crippen molar-refractivity contribution in [3.8, 4) is 0 Å².